The number of ether oxygens (including phenoxy) is 1. The van der Waals surface area contributed by atoms with Crippen molar-refractivity contribution in [3.8, 4) is 5.75 Å². The first-order valence-electron chi connectivity index (χ1n) is 11.2. The van der Waals surface area contributed by atoms with E-state index in [1.54, 1.807) is 53.1 Å². The molecule has 0 aromatic heterocycles. The molecular weight excluding hydrogens is 466 g/mol. The van der Waals surface area contributed by atoms with Crippen LogP contribution in [0.4, 0.5) is 11.4 Å². The average molecular weight is 492 g/mol. The van der Waals surface area contributed by atoms with Crippen LogP contribution in [-0.4, -0.2) is 30.4 Å². The summed E-state index contributed by atoms with van der Waals surface area (Å²) in [5, 5.41) is 0.595. The van der Waals surface area contributed by atoms with Crippen molar-refractivity contribution in [2.45, 2.75) is 32.4 Å². The van der Waals surface area contributed by atoms with E-state index in [-0.39, 0.29) is 30.5 Å². The lowest BCUT2D eigenvalue weighted by Gasteiger charge is -2.43. The van der Waals surface area contributed by atoms with Crippen molar-refractivity contribution in [1.29, 1.82) is 0 Å². The van der Waals surface area contributed by atoms with Gasteiger partial charge in [0, 0.05) is 34.9 Å². The van der Waals surface area contributed by atoms with Gasteiger partial charge in [0.1, 0.15) is 5.75 Å². The Hall–Kier alpha value is -3.84. The van der Waals surface area contributed by atoms with Crippen molar-refractivity contribution in [2.75, 3.05) is 16.4 Å². The fourth-order valence-corrected chi connectivity index (χ4v) is 4.63. The Morgan fingerprint density at radius 3 is 2.31 bits per heavy atom. The van der Waals surface area contributed by atoms with Gasteiger partial charge in [-0.25, -0.2) is 0 Å². The van der Waals surface area contributed by atoms with Crippen LogP contribution in [-0.2, 0) is 9.59 Å². The summed E-state index contributed by atoms with van der Waals surface area (Å²) in [6, 6.07) is 21.0. The fourth-order valence-electron chi connectivity index (χ4n) is 4.51. The second-order valence-corrected chi connectivity index (χ2v) is 8.92. The first-order valence-corrected chi connectivity index (χ1v) is 11.6. The Labute approximate surface area is 209 Å². The number of nitrogens with zero attached hydrogens (tertiary/aromatic N) is 2. The van der Waals surface area contributed by atoms with E-state index in [0.29, 0.717) is 22.8 Å². The summed E-state index contributed by atoms with van der Waals surface area (Å²) in [5.74, 6) is -0.374. The predicted molar refractivity (Wildman–Crippen MR) is 136 cm³/mol. The number of halogens is 1. The molecule has 0 saturated heterocycles. The smallest absolute Gasteiger partial charge is 0.258 e. The number of primary amides is 1. The zero-order chi connectivity index (χ0) is 25.1. The summed E-state index contributed by atoms with van der Waals surface area (Å²) >= 11 is 6.06. The highest BCUT2D eigenvalue weighted by Gasteiger charge is 2.38. The number of amides is 3. The average Bonchev–Trinajstić information content (AvgIpc) is 2.84. The summed E-state index contributed by atoms with van der Waals surface area (Å²) < 4.78 is 5.29. The van der Waals surface area contributed by atoms with Gasteiger partial charge in [-0.15, -0.1) is 0 Å². The quantitative estimate of drug-likeness (QED) is 0.539. The minimum atomic E-state index is -0.573. The minimum absolute atomic E-state index is 0.0920. The van der Waals surface area contributed by atoms with E-state index >= 15 is 0 Å². The van der Waals surface area contributed by atoms with Crippen LogP contribution in [0, 0.1) is 0 Å². The van der Waals surface area contributed by atoms with E-state index in [1.165, 1.54) is 0 Å². The Balaban J connectivity index is 1.67. The summed E-state index contributed by atoms with van der Waals surface area (Å²) in [7, 11) is 0. The van der Waals surface area contributed by atoms with E-state index in [4.69, 9.17) is 22.1 Å². The molecule has 4 rings (SSSR count). The van der Waals surface area contributed by atoms with Crippen LogP contribution in [0.1, 0.15) is 42.2 Å². The predicted octanol–water partition coefficient (Wildman–Crippen LogP) is 4.74. The lowest BCUT2D eigenvalue weighted by atomic mass is 9.89. The highest BCUT2D eigenvalue weighted by Crippen LogP contribution is 2.42. The molecular formula is C27H26ClN3O4. The zero-order valence-electron chi connectivity index (χ0n) is 19.5. The number of carbonyl (C=O) groups excluding carboxylic acids is 3. The molecule has 8 heteroatoms. The number of benzene rings is 3. The molecule has 0 fully saturated rings. The van der Waals surface area contributed by atoms with Gasteiger partial charge in [0.15, 0.2) is 6.61 Å². The molecule has 0 unspecified atom stereocenters. The largest absolute Gasteiger partial charge is 0.484 e. The van der Waals surface area contributed by atoms with Gasteiger partial charge in [0.05, 0.1) is 6.04 Å². The topological polar surface area (TPSA) is 92.9 Å². The van der Waals surface area contributed by atoms with Crippen LogP contribution in [0.2, 0.25) is 5.02 Å². The van der Waals surface area contributed by atoms with E-state index in [0.717, 1.165) is 16.9 Å². The number of carbonyl (C=O) groups is 3. The zero-order valence-corrected chi connectivity index (χ0v) is 20.2. The van der Waals surface area contributed by atoms with Crippen molar-refractivity contribution < 1.29 is 19.1 Å². The molecule has 1 aliphatic heterocycles. The molecule has 180 valence electrons. The maximum atomic E-state index is 13.6. The number of hydrogen-bond donors (Lipinski definition) is 1. The van der Waals surface area contributed by atoms with Gasteiger partial charge < -0.3 is 20.3 Å². The van der Waals surface area contributed by atoms with Crippen LogP contribution in [0.15, 0.2) is 72.8 Å². The molecule has 2 atom stereocenters. The first-order chi connectivity index (χ1) is 16.8. The van der Waals surface area contributed by atoms with E-state index < -0.39 is 5.91 Å². The van der Waals surface area contributed by atoms with Crippen molar-refractivity contribution in [3.63, 3.8) is 0 Å². The van der Waals surface area contributed by atoms with Crippen molar-refractivity contribution >= 4 is 40.7 Å². The third kappa shape index (κ3) is 5.15. The van der Waals surface area contributed by atoms with Gasteiger partial charge in [-0.3, -0.25) is 14.4 Å². The van der Waals surface area contributed by atoms with Crippen molar-refractivity contribution in [1.82, 2.24) is 0 Å². The van der Waals surface area contributed by atoms with Gasteiger partial charge in [-0.1, -0.05) is 29.8 Å². The molecule has 0 spiro atoms. The molecule has 7 nitrogen and oxygen atoms in total. The van der Waals surface area contributed by atoms with E-state index in [2.05, 4.69) is 0 Å². The second-order valence-electron chi connectivity index (χ2n) is 8.48. The molecule has 0 aliphatic carbocycles. The minimum Gasteiger partial charge on any atom is -0.484 e. The van der Waals surface area contributed by atoms with Gasteiger partial charge in [-0.2, -0.15) is 0 Å². The summed E-state index contributed by atoms with van der Waals surface area (Å²) in [4.78, 5) is 40.8. The SMILES string of the molecule is CC(=O)N(c1ccc(Cl)cc1)[C@@H]1C[C@H](C)N(C(=O)c2ccc(OCC(N)=O)cc2)c2ccccc21. The number of anilines is 2. The van der Waals surface area contributed by atoms with Crippen molar-refractivity contribution in [2.24, 2.45) is 5.73 Å². The van der Waals surface area contributed by atoms with Crippen LogP contribution in [0.25, 0.3) is 0 Å². The van der Waals surface area contributed by atoms with E-state index in [1.807, 2.05) is 43.3 Å². The molecule has 1 aliphatic rings. The van der Waals surface area contributed by atoms with Crippen molar-refractivity contribution in [3.05, 3.63) is 88.9 Å². The van der Waals surface area contributed by atoms with Crippen LogP contribution in [0.3, 0.4) is 0 Å². The highest BCUT2D eigenvalue weighted by atomic mass is 35.5. The van der Waals surface area contributed by atoms with Gasteiger partial charge in [0.2, 0.25) is 5.91 Å². The standard InChI is InChI=1S/C27H26ClN3O4/c1-17-15-25(31(18(2)32)21-11-9-20(28)10-12-21)23-5-3-4-6-24(23)30(17)27(34)19-7-13-22(14-8-19)35-16-26(29)33/h3-14,17,25H,15-16H2,1-2H3,(H2,29,33)/t17-,25+/m0/s1. The molecule has 0 radical (unpaired) electrons. The number of fused-ring (bicyclic) bond motifs is 1. The van der Waals surface area contributed by atoms with Crippen LogP contribution in [0.5, 0.6) is 5.75 Å². The van der Waals surface area contributed by atoms with Crippen LogP contribution < -0.4 is 20.3 Å². The summed E-state index contributed by atoms with van der Waals surface area (Å²) in [5.41, 5.74) is 8.00. The Morgan fingerprint density at radius 1 is 1.03 bits per heavy atom. The first kappa shape index (κ1) is 24.3. The van der Waals surface area contributed by atoms with E-state index in [9.17, 15) is 14.4 Å². The third-order valence-electron chi connectivity index (χ3n) is 6.02. The number of hydrogen-bond acceptors (Lipinski definition) is 4. The van der Waals surface area contributed by atoms with Gasteiger partial charge in [-0.05, 0) is 73.5 Å². The maximum absolute atomic E-state index is 13.6. The summed E-state index contributed by atoms with van der Waals surface area (Å²) in [6.07, 6.45) is 0.560. The summed E-state index contributed by atoms with van der Waals surface area (Å²) in [6.45, 7) is 3.29. The van der Waals surface area contributed by atoms with Gasteiger partial charge in [0.25, 0.3) is 11.8 Å². The molecule has 2 N–H and O–H groups in total. The second kappa shape index (κ2) is 10.2. The lowest BCUT2D eigenvalue weighted by Crippen LogP contribution is -2.47. The number of rotatable bonds is 6. The molecule has 3 aromatic rings. The molecule has 35 heavy (non-hydrogen) atoms. The maximum Gasteiger partial charge on any atom is 0.258 e. The molecule has 1 heterocycles. The molecule has 3 aromatic carbocycles. The Bertz CT molecular complexity index is 1240. The monoisotopic (exact) mass is 491 g/mol. The molecule has 0 bridgehead atoms. The Morgan fingerprint density at radius 2 is 1.69 bits per heavy atom. The highest BCUT2D eigenvalue weighted by molar-refractivity contribution is 6.30. The fraction of sp³-hybridized carbons (Fsp3) is 0.222. The van der Waals surface area contributed by atoms with Crippen LogP contribution >= 0.6 is 11.6 Å². The van der Waals surface area contributed by atoms with Gasteiger partial charge >= 0.3 is 0 Å². The molecule has 0 saturated carbocycles. The number of para-hydroxylation sites is 1. The normalized spacial score (nSPS) is 16.8. The number of nitrogens with two attached hydrogens (primary N) is 1. The lowest BCUT2D eigenvalue weighted by molar-refractivity contribution is -0.120. The molecule has 3 amide bonds. The third-order valence-corrected chi connectivity index (χ3v) is 6.27. The Kier molecular flexibility index (Phi) is 7.07.